The molecule has 1 aromatic heterocycles. The van der Waals surface area contributed by atoms with Gasteiger partial charge in [0.05, 0.1) is 12.5 Å². The number of aromatic nitrogens is 2. The molecule has 5 heteroatoms. The van der Waals surface area contributed by atoms with Crippen LogP contribution >= 0.6 is 23.2 Å². The van der Waals surface area contributed by atoms with Crippen LogP contribution < -0.4 is 5.32 Å². The van der Waals surface area contributed by atoms with Crippen molar-refractivity contribution in [2.45, 2.75) is 6.92 Å². The molecule has 0 saturated carbocycles. The van der Waals surface area contributed by atoms with Crippen LogP contribution in [0.2, 0.25) is 10.0 Å². The Morgan fingerprint density at radius 2 is 1.67 bits per heavy atom. The Kier molecular flexibility index (Phi) is 4.88. The van der Waals surface area contributed by atoms with Gasteiger partial charge < -0.3 is 10.3 Å². The summed E-state index contributed by atoms with van der Waals surface area (Å²) < 4.78 is 0. The fourth-order valence-corrected chi connectivity index (χ4v) is 3.44. The molecule has 4 rings (SSSR count). The van der Waals surface area contributed by atoms with Crippen LogP contribution in [0, 0.1) is 6.92 Å². The predicted octanol–water partition coefficient (Wildman–Crippen LogP) is 7.10. The summed E-state index contributed by atoms with van der Waals surface area (Å²) in [6, 6.07) is 20.1. The van der Waals surface area contributed by atoms with Crippen LogP contribution in [0.1, 0.15) is 5.56 Å². The number of halogens is 2. The summed E-state index contributed by atoms with van der Waals surface area (Å²) in [7, 11) is 0. The second-order valence-electron chi connectivity index (χ2n) is 6.32. The Hall–Kier alpha value is -2.75. The van der Waals surface area contributed by atoms with E-state index < -0.39 is 0 Å². The van der Waals surface area contributed by atoms with Crippen molar-refractivity contribution in [2.75, 3.05) is 5.32 Å². The molecule has 0 aliphatic carbocycles. The maximum Gasteiger partial charge on any atom is 0.127 e. The minimum Gasteiger partial charge on any atom is -0.340 e. The first-order valence-electron chi connectivity index (χ1n) is 8.52. The average Bonchev–Trinajstić information content (AvgIpc) is 3.17. The SMILES string of the molecule is Cc1ccc(Cl)cc1-c1cc(-c2cccc(Cl)c2)ccc1Nc1cnc[nH]1. The zero-order chi connectivity index (χ0) is 18.8. The highest BCUT2D eigenvalue weighted by atomic mass is 35.5. The molecule has 3 aromatic carbocycles. The van der Waals surface area contributed by atoms with Crippen LogP contribution in [-0.4, -0.2) is 9.97 Å². The van der Waals surface area contributed by atoms with Gasteiger partial charge in [-0.2, -0.15) is 0 Å². The molecule has 0 amide bonds. The Labute approximate surface area is 168 Å². The molecule has 3 nitrogen and oxygen atoms in total. The molecule has 2 N–H and O–H groups in total. The molecule has 0 fully saturated rings. The van der Waals surface area contributed by atoms with Crippen molar-refractivity contribution in [1.29, 1.82) is 0 Å². The molecule has 0 unspecified atom stereocenters. The van der Waals surface area contributed by atoms with E-state index in [1.165, 1.54) is 0 Å². The van der Waals surface area contributed by atoms with Crippen LogP contribution in [0.5, 0.6) is 0 Å². The fraction of sp³-hybridized carbons (Fsp3) is 0.0455. The second-order valence-corrected chi connectivity index (χ2v) is 7.19. The summed E-state index contributed by atoms with van der Waals surface area (Å²) in [6.45, 7) is 2.08. The van der Waals surface area contributed by atoms with Gasteiger partial charge in [-0.25, -0.2) is 4.98 Å². The van der Waals surface area contributed by atoms with E-state index in [0.29, 0.717) is 10.0 Å². The van der Waals surface area contributed by atoms with Crippen LogP contribution in [-0.2, 0) is 0 Å². The van der Waals surface area contributed by atoms with E-state index in [4.69, 9.17) is 23.2 Å². The van der Waals surface area contributed by atoms with Crippen molar-refractivity contribution in [3.8, 4) is 22.3 Å². The van der Waals surface area contributed by atoms with Gasteiger partial charge in [0.1, 0.15) is 5.82 Å². The van der Waals surface area contributed by atoms with E-state index in [1.807, 2.05) is 36.4 Å². The molecule has 0 aliphatic heterocycles. The molecule has 4 aromatic rings. The van der Waals surface area contributed by atoms with Crippen LogP contribution in [0.4, 0.5) is 11.5 Å². The monoisotopic (exact) mass is 393 g/mol. The Bertz CT molecular complexity index is 1090. The number of nitrogens with zero attached hydrogens (tertiary/aromatic N) is 1. The van der Waals surface area contributed by atoms with E-state index in [-0.39, 0.29) is 0 Å². The van der Waals surface area contributed by atoms with Gasteiger partial charge in [0.25, 0.3) is 0 Å². The van der Waals surface area contributed by atoms with Crippen LogP contribution in [0.3, 0.4) is 0 Å². The number of H-pyrrole nitrogens is 1. The third kappa shape index (κ3) is 3.85. The number of imidazole rings is 1. The number of benzene rings is 3. The van der Waals surface area contributed by atoms with E-state index in [1.54, 1.807) is 12.5 Å². The fourth-order valence-electron chi connectivity index (χ4n) is 3.08. The highest BCUT2D eigenvalue weighted by Gasteiger charge is 2.12. The third-order valence-electron chi connectivity index (χ3n) is 4.43. The minimum atomic E-state index is 0.705. The average molecular weight is 394 g/mol. The van der Waals surface area contributed by atoms with Crippen LogP contribution in [0.15, 0.2) is 73.2 Å². The van der Waals surface area contributed by atoms with Crippen molar-refractivity contribution in [3.63, 3.8) is 0 Å². The second kappa shape index (κ2) is 7.47. The highest BCUT2D eigenvalue weighted by molar-refractivity contribution is 6.31. The lowest BCUT2D eigenvalue weighted by Crippen LogP contribution is -1.95. The standard InChI is InChI=1S/C22H17Cl2N3/c1-14-5-7-18(24)11-19(14)20-10-16(15-3-2-4-17(23)9-15)6-8-21(20)27-22-12-25-13-26-22/h2-13,27H,1H3,(H,25,26). The number of aromatic amines is 1. The van der Waals surface area contributed by atoms with Gasteiger partial charge in [-0.15, -0.1) is 0 Å². The number of nitrogens with one attached hydrogen (secondary N) is 2. The number of hydrogen-bond donors (Lipinski definition) is 2. The summed E-state index contributed by atoms with van der Waals surface area (Å²) in [6.07, 6.45) is 3.40. The number of anilines is 2. The van der Waals surface area contributed by atoms with Crippen molar-refractivity contribution in [1.82, 2.24) is 9.97 Å². The first-order chi connectivity index (χ1) is 13.1. The first-order valence-corrected chi connectivity index (χ1v) is 9.28. The van der Waals surface area contributed by atoms with Gasteiger partial charge in [-0.05, 0) is 65.6 Å². The molecule has 0 aliphatic rings. The maximum absolute atomic E-state index is 6.29. The summed E-state index contributed by atoms with van der Waals surface area (Å²) in [5.41, 5.74) is 6.40. The lowest BCUT2D eigenvalue weighted by Gasteiger charge is -2.16. The molecular formula is C22H17Cl2N3. The normalized spacial score (nSPS) is 10.8. The summed E-state index contributed by atoms with van der Waals surface area (Å²) in [4.78, 5) is 7.15. The minimum absolute atomic E-state index is 0.705. The van der Waals surface area contributed by atoms with Crippen molar-refractivity contribution in [3.05, 3.63) is 88.8 Å². The zero-order valence-electron chi connectivity index (χ0n) is 14.6. The Morgan fingerprint density at radius 1 is 0.852 bits per heavy atom. The molecule has 0 radical (unpaired) electrons. The topological polar surface area (TPSA) is 40.7 Å². The van der Waals surface area contributed by atoms with Crippen molar-refractivity contribution >= 4 is 34.7 Å². The molecule has 0 bridgehead atoms. The van der Waals surface area contributed by atoms with Gasteiger partial charge in [0.2, 0.25) is 0 Å². The van der Waals surface area contributed by atoms with Crippen LogP contribution in [0.25, 0.3) is 22.3 Å². The number of hydrogen-bond acceptors (Lipinski definition) is 2. The molecular weight excluding hydrogens is 377 g/mol. The zero-order valence-corrected chi connectivity index (χ0v) is 16.1. The molecule has 0 saturated heterocycles. The van der Waals surface area contributed by atoms with E-state index in [2.05, 4.69) is 46.5 Å². The van der Waals surface area contributed by atoms with E-state index in [0.717, 1.165) is 39.3 Å². The highest BCUT2D eigenvalue weighted by Crippen LogP contribution is 2.37. The molecule has 1 heterocycles. The first kappa shape index (κ1) is 17.7. The Morgan fingerprint density at radius 3 is 2.44 bits per heavy atom. The van der Waals surface area contributed by atoms with Gasteiger partial charge in [-0.3, -0.25) is 0 Å². The van der Waals surface area contributed by atoms with E-state index >= 15 is 0 Å². The van der Waals surface area contributed by atoms with Gasteiger partial charge in [0, 0.05) is 21.3 Å². The van der Waals surface area contributed by atoms with E-state index in [9.17, 15) is 0 Å². The van der Waals surface area contributed by atoms with Crippen molar-refractivity contribution < 1.29 is 0 Å². The quantitative estimate of drug-likeness (QED) is 0.387. The number of aryl methyl sites for hydroxylation is 1. The lowest BCUT2D eigenvalue weighted by molar-refractivity contribution is 1.31. The third-order valence-corrected chi connectivity index (χ3v) is 4.91. The maximum atomic E-state index is 6.29. The van der Waals surface area contributed by atoms with Gasteiger partial charge in [0.15, 0.2) is 0 Å². The summed E-state index contributed by atoms with van der Waals surface area (Å²) in [5, 5.41) is 4.82. The summed E-state index contributed by atoms with van der Waals surface area (Å²) in [5.74, 6) is 0.825. The van der Waals surface area contributed by atoms with Gasteiger partial charge in [-0.1, -0.05) is 47.5 Å². The molecule has 0 spiro atoms. The molecule has 134 valence electrons. The number of rotatable bonds is 4. The smallest absolute Gasteiger partial charge is 0.127 e. The van der Waals surface area contributed by atoms with Gasteiger partial charge >= 0.3 is 0 Å². The largest absolute Gasteiger partial charge is 0.340 e. The predicted molar refractivity (Wildman–Crippen MR) is 114 cm³/mol. The lowest BCUT2D eigenvalue weighted by atomic mass is 9.94. The molecule has 0 atom stereocenters. The molecule has 27 heavy (non-hydrogen) atoms. The van der Waals surface area contributed by atoms with Crippen molar-refractivity contribution in [2.24, 2.45) is 0 Å². The summed E-state index contributed by atoms with van der Waals surface area (Å²) >= 11 is 12.5. The Balaban J connectivity index is 1.88.